The van der Waals surface area contributed by atoms with Crippen molar-refractivity contribution in [2.45, 2.75) is 56.5 Å². The van der Waals surface area contributed by atoms with Crippen LogP contribution in [0.5, 0.6) is 0 Å². The summed E-state index contributed by atoms with van der Waals surface area (Å²) in [5.74, 6) is 0.760. The Hall–Kier alpha value is -1.33. The summed E-state index contributed by atoms with van der Waals surface area (Å²) in [6, 6.07) is 11.4. The second-order valence-corrected chi connectivity index (χ2v) is 5.65. The predicted octanol–water partition coefficient (Wildman–Crippen LogP) is 3.66. The maximum absolute atomic E-state index is 9.37. The van der Waals surface area contributed by atoms with Crippen LogP contribution in [-0.2, 0) is 0 Å². The average Bonchev–Trinajstić information content (AvgIpc) is 3.14. The molecule has 94 valence electrons. The molecule has 2 saturated carbocycles. The largest absolute Gasteiger partial charge is 0.295 e. The number of nitrogens with one attached hydrogen (secondary N) is 1. The third-order valence-electron chi connectivity index (χ3n) is 4.18. The number of nitriles is 1. The van der Waals surface area contributed by atoms with Gasteiger partial charge in [-0.3, -0.25) is 5.32 Å². The van der Waals surface area contributed by atoms with Crippen molar-refractivity contribution in [3.63, 3.8) is 0 Å². The summed E-state index contributed by atoms with van der Waals surface area (Å²) < 4.78 is 0. The Bertz CT molecular complexity index is 450. The van der Waals surface area contributed by atoms with Crippen LogP contribution in [-0.4, -0.2) is 6.04 Å². The van der Waals surface area contributed by atoms with E-state index in [1.165, 1.54) is 44.1 Å². The SMILES string of the molecule is N#CC(NC1CCCC1)c1cccc(C2CC2)c1. The Kier molecular flexibility index (Phi) is 3.34. The molecular formula is C16H20N2. The summed E-state index contributed by atoms with van der Waals surface area (Å²) in [6.45, 7) is 0. The van der Waals surface area contributed by atoms with Gasteiger partial charge in [-0.25, -0.2) is 0 Å². The van der Waals surface area contributed by atoms with Gasteiger partial charge in [-0.1, -0.05) is 37.1 Å². The summed E-state index contributed by atoms with van der Waals surface area (Å²) >= 11 is 0. The Labute approximate surface area is 109 Å². The highest BCUT2D eigenvalue weighted by Gasteiger charge is 2.25. The molecule has 0 heterocycles. The van der Waals surface area contributed by atoms with Crippen molar-refractivity contribution in [2.75, 3.05) is 0 Å². The molecule has 0 radical (unpaired) electrons. The molecule has 1 atom stereocenters. The summed E-state index contributed by atoms with van der Waals surface area (Å²) in [7, 11) is 0. The van der Waals surface area contributed by atoms with E-state index in [2.05, 4.69) is 35.7 Å². The first-order valence-electron chi connectivity index (χ1n) is 7.12. The first-order chi connectivity index (χ1) is 8.86. The number of hydrogen-bond acceptors (Lipinski definition) is 2. The highest BCUT2D eigenvalue weighted by molar-refractivity contribution is 5.33. The number of rotatable bonds is 4. The fourth-order valence-corrected chi connectivity index (χ4v) is 2.95. The van der Waals surface area contributed by atoms with Gasteiger partial charge < -0.3 is 0 Å². The molecule has 1 unspecified atom stereocenters. The third-order valence-corrected chi connectivity index (χ3v) is 4.18. The predicted molar refractivity (Wildman–Crippen MR) is 72.2 cm³/mol. The van der Waals surface area contributed by atoms with Gasteiger partial charge >= 0.3 is 0 Å². The van der Waals surface area contributed by atoms with E-state index in [1.54, 1.807) is 0 Å². The van der Waals surface area contributed by atoms with Crippen LogP contribution in [0, 0.1) is 11.3 Å². The molecule has 0 aromatic heterocycles. The van der Waals surface area contributed by atoms with Crippen LogP contribution in [0.2, 0.25) is 0 Å². The van der Waals surface area contributed by atoms with E-state index in [0.29, 0.717) is 6.04 Å². The zero-order valence-electron chi connectivity index (χ0n) is 10.7. The molecule has 3 rings (SSSR count). The van der Waals surface area contributed by atoms with E-state index in [4.69, 9.17) is 0 Å². The highest BCUT2D eigenvalue weighted by atomic mass is 15.0. The molecular weight excluding hydrogens is 220 g/mol. The molecule has 2 aliphatic rings. The van der Waals surface area contributed by atoms with Crippen molar-refractivity contribution in [1.82, 2.24) is 5.32 Å². The fraction of sp³-hybridized carbons (Fsp3) is 0.562. The molecule has 2 fully saturated rings. The number of benzene rings is 1. The van der Waals surface area contributed by atoms with E-state index in [9.17, 15) is 5.26 Å². The Morgan fingerprint density at radius 2 is 1.94 bits per heavy atom. The van der Waals surface area contributed by atoms with Gasteiger partial charge in [0.2, 0.25) is 0 Å². The van der Waals surface area contributed by atoms with Crippen molar-refractivity contribution >= 4 is 0 Å². The Morgan fingerprint density at radius 3 is 2.61 bits per heavy atom. The van der Waals surface area contributed by atoms with E-state index < -0.39 is 0 Å². The number of hydrogen-bond donors (Lipinski definition) is 1. The lowest BCUT2D eigenvalue weighted by molar-refractivity contribution is 0.492. The number of nitrogens with zero attached hydrogens (tertiary/aromatic N) is 1. The maximum Gasteiger partial charge on any atom is 0.121 e. The maximum atomic E-state index is 9.37. The third kappa shape index (κ3) is 2.57. The molecule has 2 nitrogen and oxygen atoms in total. The van der Waals surface area contributed by atoms with Gasteiger partial charge in [0, 0.05) is 6.04 Å². The quantitative estimate of drug-likeness (QED) is 0.871. The van der Waals surface area contributed by atoms with Gasteiger partial charge in [-0.05, 0) is 42.7 Å². The lowest BCUT2D eigenvalue weighted by Gasteiger charge is -2.18. The molecule has 2 heteroatoms. The molecule has 1 aromatic carbocycles. The molecule has 0 aliphatic heterocycles. The molecule has 2 aliphatic carbocycles. The van der Waals surface area contributed by atoms with Crippen LogP contribution in [0.15, 0.2) is 24.3 Å². The van der Waals surface area contributed by atoms with Crippen LogP contribution in [0.25, 0.3) is 0 Å². The molecule has 18 heavy (non-hydrogen) atoms. The van der Waals surface area contributed by atoms with Gasteiger partial charge in [-0.2, -0.15) is 5.26 Å². The summed E-state index contributed by atoms with van der Waals surface area (Å²) in [5.41, 5.74) is 2.56. The lowest BCUT2D eigenvalue weighted by Crippen LogP contribution is -2.29. The monoisotopic (exact) mass is 240 g/mol. The van der Waals surface area contributed by atoms with Crippen LogP contribution < -0.4 is 5.32 Å². The van der Waals surface area contributed by atoms with Gasteiger partial charge in [-0.15, -0.1) is 0 Å². The molecule has 1 aromatic rings. The van der Waals surface area contributed by atoms with Gasteiger partial charge in [0.05, 0.1) is 6.07 Å². The highest BCUT2D eigenvalue weighted by Crippen LogP contribution is 2.40. The molecule has 0 amide bonds. The molecule has 1 N–H and O–H groups in total. The van der Waals surface area contributed by atoms with Crippen molar-refractivity contribution in [1.29, 1.82) is 5.26 Å². The zero-order valence-corrected chi connectivity index (χ0v) is 10.7. The minimum absolute atomic E-state index is 0.133. The minimum Gasteiger partial charge on any atom is -0.295 e. The molecule has 0 spiro atoms. The van der Waals surface area contributed by atoms with E-state index in [-0.39, 0.29) is 6.04 Å². The minimum atomic E-state index is -0.133. The smallest absolute Gasteiger partial charge is 0.121 e. The average molecular weight is 240 g/mol. The first-order valence-corrected chi connectivity index (χ1v) is 7.12. The van der Waals surface area contributed by atoms with Crippen molar-refractivity contribution in [2.24, 2.45) is 0 Å². The van der Waals surface area contributed by atoms with Crippen molar-refractivity contribution in [3.8, 4) is 6.07 Å². The van der Waals surface area contributed by atoms with Gasteiger partial charge in [0.25, 0.3) is 0 Å². The summed E-state index contributed by atoms with van der Waals surface area (Å²) in [5, 5.41) is 12.9. The fourth-order valence-electron chi connectivity index (χ4n) is 2.95. The van der Waals surface area contributed by atoms with Crippen molar-refractivity contribution in [3.05, 3.63) is 35.4 Å². The second kappa shape index (κ2) is 5.12. The van der Waals surface area contributed by atoms with E-state index in [1.807, 2.05) is 0 Å². The Balaban J connectivity index is 1.73. The first kappa shape index (κ1) is 11.7. The summed E-state index contributed by atoms with van der Waals surface area (Å²) in [4.78, 5) is 0. The second-order valence-electron chi connectivity index (χ2n) is 5.65. The van der Waals surface area contributed by atoms with Crippen LogP contribution in [0.4, 0.5) is 0 Å². The zero-order chi connectivity index (χ0) is 12.4. The van der Waals surface area contributed by atoms with Crippen LogP contribution in [0.1, 0.15) is 61.6 Å². The standard InChI is InChI=1S/C16H20N2/c17-11-16(18-15-6-1-2-7-15)14-5-3-4-13(10-14)12-8-9-12/h3-5,10,12,15-16,18H,1-2,6-9H2. The van der Waals surface area contributed by atoms with E-state index >= 15 is 0 Å². The summed E-state index contributed by atoms with van der Waals surface area (Å²) in [6.07, 6.45) is 7.68. The van der Waals surface area contributed by atoms with Crippen LogP contribution in [0.3, 0.4) is 0 Å². The van der Waals surface area contributed by atoms with Gasteiger partial charge in [0.15, 0.2) is 0 Å². The Morgan fingerprint density at radius 1 is 1.17 bits per heavy atom. The molecule has 0 saturated heterocycles. The van der Waals surface area contributed by atoms with E-state index in [0.717, 1.165) is 11.5 Å². The van der Waals surface area contributed by atoms with Crippen LogP contribution >= 0.6 is 0 Å². The van der Waals surface area contributed by atoms with Gasteiger partial charge in [0.1, 0.15) is 6.04 Å². The normalized spacial score (nSPS) is 21.7. The van der Waals surface area contributed by atoms with Crippen molar-refractivity contribution < 1.29 is 0 Å². The topological polar surface area (TPSA) is 35.8 Å². The lowest BCUT2D eigenvalue weighted by atomic mass is 10.0. The molecule has 0 bridgehead atoms.